The minimum atomic E-state index is -1.29. The van der Waals surface area contributed by atoms with E-state index in [0.29, 0.717) is 42.3 Å². The van der Waals surface area contributed by atoms with Gasteiger partial charge in [-0.15, -0.1) is 0 Å². The quantitative estimate of drug-likeness (QED) is 0.0702. The lowest BCUT2D eigenvalue weighted by Gasteiger charge is -2.39. The Bertz CT molecular complexity index is 2770. The van der Waals surface area contributed by atoms with Gasteiger partial charge < -0.3 is 36.2 Å². The summed E-state index contributed by atoms with van der Waals surface area (Å²) in [7, 11) is 1.60. The fourth-order valence-electron chi connectivity index (χ4n) is 9.45. The van der Waals surface area contributed by atoms with E-state index in [4.69, 9.17) is 10.5 Å². The summed E-state index contributed by atoms with van der Waals surface area (Å²) in [5.74, 6) is 2.62. The van der Waals surface area contributed by atoms with Gasteiger partial charge in [-0.3, -0.25) is 48.0 Å². The van der Waals surface area contributed by atoms with E-state index >= 15 is 0 Å². The van der Waals surface area contributed by atoms with Crippen molar-refractivity contribution in [2.45, 2.75) is 127 Å². The lowest BCUT2D eigenvalue weighted by Crippen LogP contribution is -2.62. The van der Waals surface area contributed by atoms with Crippen molar-refractivity contribution in [2.24, 2.45) is 12.8 Å². The third-order valence-corrected chi connectivity index (χ3v) is 12.9. The molecule has 4 heterocycles. The van der Waals surface area contributed by atoms with Gasteiger partial charge in [0, 0.05) is 50.9 Å². The number of hydrogen-bond donors (Lipinski definition) is 5. The summed E-state index contributed by atoms with van der Waals surface area (Å²) in [4.78, 5) is 123. The lowest BCUT2D eigenvalue weighted by atomic mass is 9.98. The van der Waals surface area contributed by atoms with E-state index in [1.54, 1.807) is 50.9 Å². The number of rotatable bonds is 14. The predicted octanol–water partition coefficient (Wildman–Crippen LogP) is 2.98. The highest BCUT2D eigenvalue weighted by Gasteiger charge is 2.46. The summed E-state index contributed by atoms with van der Waals surface area (Å²) in [6.07, 6.45) is 0.983. The van der Waals surface area contributed by atoms with Gasteiger partial charge in [0.05, 0.1) is 23.6 Å². The number of carbonyl (C=O) groups excluding carboxylic acids is 8. The fraction of sp³-hybridized carbons (Fsp3) is 0.442. The Kier molecular flexibility index (Phi) is 16.1. The smallest absolute Gasteiger partial charge is 0.408 e. The number of imide groups is 1. The van der Waals surface area contributed by atoms with Crippen LogP contribution in [0.2, 0.25) is 0 Å². The van der Waals surface area contributed by atoms with E-state index in [2.05, 4.69) is 33.1 Å². The predicted molar refractivity (Wildman–Crippen MR) is 261 cm³/mol. The van der Waals surface area contributed by atoms with Gasteiger partial charge in [0.2, 0.25) is 41.4 Å². The zero-order chi connectivity index (χ0) is 51.0. The minimum Gasteiger partial charge on any atom is -0.444 e. The number of nitrogens with one attached hydrogen (secondary N) is 4. The summed E-state index contributed by atoms with van der Waals surface area (Å²) >= 11 is 0. The van der Waals surface area contributed by atoms with Crippen molar-refractivity contribution in [3.05, 3.63) is 106 Å². The molecular weight excluding hydrogens is 911 g/mol. The Labute approximate surface area is 411 Å². The normalized spacial score (nSPS) is 19.6. The van der Waals surface area contributed by atoms with Crippen LogP contribution in [0.3, 0.4) is 0 Å². The average molecular weight is 972 g/mol. The molecule has 19 heteroatoms. The van der Waals surface area contributed by atoms with Gasteiger partial charge in [0.1, 0.15) is 29.8 Å². The minimum absolute atomic E-state index is 0.0912. The number of benzene rings is 3. The van der Waals surface area contributed by atoms with Crippen LogP contribution in [0.15, 0.2) is 83.7 Å². The van der Waals surface area contributed by atoms with Crippen molar-refractivity contribution in [1.29, 1.82) is 0 Å². The van der Waals surface area contributed by atoms with Crippen molar-refractivity contribution in [1.82, 2.24) is 40.2 Å². The molecule has 0 bridgehead atoms. The third kappa shape index (κ3) is 12.5. The summed E-state index contributed by atoms with van der Waals surface area (Å²) in [5, 5.41) is 10.8. The second-order valence-electron chi connectivity index (χ2n) is 19.2. The number of fused-ring (bicyclic) bond motifs is 2. The number of primary amides is 1. The molecule has 8 amide bonds. The van der Waals surface area contributed by atoms with Gasteiger partial charge in [0.15, 0.2) is 0 Å². The molecule has 2 unspecified atom stereocenters. The number of imidazole rings is 1. The van der Waals surface area contributed by atoms with E-state index in [1.165, 1.54) is 14.0 Å². The number of alkyl carbamates (subject to hydrolysis) is 1. The summed E-state index contributed by atoms with van der Waals surface area (Å²) in [6.45, 7) is 5.06. The number of hydrogen-bond acceptors (Lipinski definition) is 10. The highest BCUT2D eigenvalue weighted by Crippen LogP contribution is 2.31. The van der Waals surface area contributed by atoms with E-state index in [9.17, 15) is 43.2 Å². The standard InChI is InChI=1S/C52H61N9O10/c1-52(2,3)71-50(69)55-37-31-59(44(64)19-13-5-8-14-32-20-23-38-41(30-32)58(4)51(70)61(38)40-25-27-43(63)56-48(40)67)29-28-35-21-24-39(60(35)49(37)68)47(66)54-36(22-26-42(53)62)46(65)57-45(33-15-9-6-10-16-33)34-17-11-7-12-18-34/h6-7,9-12,15-18,20,23,30,35-37,39-40,45H,5,13,19,21-22,24-29,31H2,1-4H3,(H2,53,62)(H,54,66)(H,55,69)(H,57,65)(H,56,63,67)/t35-,36?,37+,39+,40?/m1/s1. The van der Waals surface area contributed by atoms with Crippen molar-refractivity contribution >= 4 is 58.5 Å². The molecule has 3 fully saturated rings. The molecule has 3 aliphatic rings. The Balaban J connectivity index is 1.02. The number of unbranched alkanes of at least 4 members (excludes halogenated alkanes) is 1. The molecule has 3 aliphatic heterocycles. The van der Waals surface area contributed by atoms with Gasteiger partial charge in [-0.05, 0) is 88.6 Å². The number of ether oxygens (including phenoxy) is 1. The monoisotopic (exact) mass is 971 g/mol. The third-order valence-electron chi connectivity index (χ3n) is 12.9. The Hall–Kier alpha value is -7.75. The van der Waals surface area contributed by atoms with Gasteiger partial charge in [-0.2, -0.15) is 0 Å². The second-order valence-corrected chi connectivity index (χ2v) is 19.2. The van der Waals surface area contributed by atoms with Crippen LogP contribution in [0.5, 0.6) is 0 Å². The fourth-order valence-corrected chi connectivity index (χ4v) is 9.45. The highest BCUT2D eigenvalue weighted by molar-refractivity contribution is 6.00. The lowest BCUT2D eigenvalue weighted by molar-refractivity contribution is -0.146. The van der Waals surface area contributed by atoms with Gasteiger partial charge in [0.25, 0.3) is 0 Å². The highest BCUT2D eigenvalue weighted by atomic mass is 16.6. The number of piperidine rings is 1. The maximum Gasteiger partial charge on any atom is 0.408 e. The number of carbonyl (C=O) groups is 8. The number of nitrogens with zero attached hydrogens (tertiary/aromatic N) is 4. The molecule has 7 rings (SSSR count). The maximum absolute atomic E-state index is 14.7. The van der Waals surface area contributed by atoms with Crippen LogP contribution in [0.25, 0.3) is 11.0 Å². The molecule has 71 heavy (non-hydrogen) atoms. The Morgan fingerprint density at radius 1 is 0.859 bits per heavy atom. The van der Waals surface area contributed by atoms with Crippen molar-refractivity contribution in [3.8, 4) is 11.8 Å². The van der Waals surface area contributed by atoms with Crippen molar-refractivity contribution in [3.63, 3.8) is 0 Å². The van der Waals surface area contributed by atoms with Crippen LogP contribution in [-0.2, 0) is 45.3 Å². The van der Waals surface area contributed by atoms with E-state index in [-0.39, 0.29) is 69.1 Å². The molecule has 374 valence electrons. The zero-order valence-electron chi connectivity index (χ0n) is 40.4. The van der Waals surface area contributed by atoms with E-state index in [0.717, 1.165) is 11.1 Å². The molecule has 0 spiro atoms. The first kappa shape index (κ1) is 51.1. The molecule has 0 saturated carbocycles. The molecule has 1 aromatic heterocycles. The van der Waals surface area contributed by atoms with Crippen LogP contribution >= 0.6 is 0 Å². The molecule has 3 saturated heterocycles. The SMILES string of the molecule is Cn1c(=O)n(C2CCC(=O)NC2=O)c2ccc(C#CCCCC(=O)N3CC[C@H]4CC[C@@H](C(=O)NC(CCC(N)=O)C(=O)NC(c5ccccc5)c5ccccc5)N4C(=O)[C@@H](NC(=O)OC(C)(C)C)C3)cc21. The number of aryl methyl sites for hydroxylation is 1. The van der Waals surface area contributed by atoms with Crippen LogP contribution in [0.4, 0.5) is 4.79 Å². The van der Waals surface area contributed by atoms with Crippen LogP contribution in [0.1, 0.15) is 114 Å². The van der Waals surface area contributed by atoms with E-state index in [1.807, 2.05) is 60.7 Å². The average Bonchev–Trinajstić information content (AvgIpc) is 3.86. The van der Waals surface area contributed by atoms with Gasteiger partial charge >= 0.3 is 11.8 Å². The van der Waals surface area contributed by atoms with Crippen LogP contribution in [-0.4, -0.2) is 109 Å². The number of amides is 8. The Morgan fingerprint density at radius 2 is 1.55 bits per heavy atom. The number of nitrogens with two attached hydrogens (primary N) is 1. The summed E-state index contributed by atoms with van der Waals surface area (Å²) in [6, 6.07) is 18.4. The van der Waals surface area contributed by atoms with Crippen LogP contribution in [0, 0.1) is 11.8 Å². The van der Waals surface area contributed by atoms with Crippen molar-refractivity contribution in [2.75, 3.05) is 13.1 Å². The topological polar surface area (TPSA) is 253 Å². The van der Waals surface area contributed by atoms with Gasteiger partial charge in [-0.25, -0.2) is 9.59 Å². The largest absolute Gasteiger partial charge is 0.444 e. The van der Waals surface area contributed by atoms with Crippen molar-refractivity contribution < 1.29 is 43.1 Å². The molecule has 5 atom stereocenters. The first-order chi connectivity index (χ1) is 33.9. The first-order valence-corrected chi connectivity index (χ1v) is 24.0. The molecule has 4 aromatic rings. The van der Waals surface area contributed by atoms with Crippen LogP contribution < -0.4 is 32.7 Å². The molecule has 0 aliphatic carbocycles. The van der Waals surface area contributed by atoms with Gasteiger partial charge in [-0.1, -0.05) is 72.5 Å². The summed E-state index contributed by atoms with van der Waals surface area (Å²) in [5.41, 5.74) is 7.53. The molecule has 19 nitrogen and oxygen atoms in total. The molecular formula is C52H61N9O10. The molecule has 6 N–H and O–H groups in total. The number of aromatic nitrogens is 2. The Morgan fingerprint density at radius 3 is 2.20 bits per heavy atom. The second kappa shape index (κ2) is 22.3. The maximum atomic E-state index is 14.7. The molecule has 3 aromatic carbocycles. The first-order valence-electron chi connectivity index (χ1n) is 24.0. The molecule has 0 radical (unpaired) electrons. The zero-order valence-corrected chi connectivity index (χ0v) is 40.4. The summed E-state index contributed by atoms with van der Waals surface area (Å²) < 4.78 is 8.35. The van der Waals surface area contributed by atoms with E-state index < -0.39 is 77.5 Å².